The van der Waals surface area contributed by atoms with Crippen molar-refractivity contribution < 1.29 is 0 Å². The molecule has 66 valence electrons. The van der Waals surface area contributed by atoms with Crippen LogP contribution in [0, 0.1) is 0 Å². The van der Waals surface area contributed by atoms with Crippen LogP contribution in [0.25, 0.3) is 0 Å². The highest BCUT2D eigenvalue weighted by Gasteiger charge is 2.08. The molecular formula is C10H11N3. The summed E-state index contributed by atoms with van der Waals surface area (Å²) in [6.45, 7) is 0. The van der Waals surface area contributed by atoms with Crippen molar-refractivity contribution in [1.82, 2.24) is 9.97 Å². The number of nitrogens with zero attached hydrogens (tertiary/aromatic N) is 1. The van der Waals surface area contributed by atoms with Gasteiger partial charge in [-0.15, -0.1) is 0 Å². The zero-order valence-corrected chi connectivity index (χ0v) is 7.14. The minimum Gasteiger partial charge on any atom is -0.347 e. The Hall–Kier alpha value is -1.61. The lowest BCUT2D eigenvalue weighted by Crippen LogP contribution is -2.11. The number of imidazole rings is 1. The molecular weight excluding hydrogens is 162 g/mol. The van der Waals surface area contributed by atoms with Crippen LogP contribution >= 0.6 is 0 Å². The third-order valence-corrected chi connectivity index (χ3v) is 2.01. The van der Waals surface area contributed by atoms with Gasteiger partial charge in [-0.1, -0.05) is 30.3 Å². The van der Waals surface area contributed by atoms with Crippen LogP contribution in [0.5, 0.6) is 0 Å². The molecule has 0 aliphatic rings. The van der Waals surface area contributed by atoms with E-state index in [2.05, 4.69) is 9.97 Å². The maximum absolute atomic E-state index is 5.99. The van der Waals surface area contributed by atoms with Crippen LogP contribution in [-0.2, 0) is 0 Å². The molecule has 0 saturated heterocycles. The highest BCUT2D eigenvalue weighted by Crippen LogP contribution is 2.15. The first kappa shape index (κ1) is 8.01. The quantitative estimate of drug-likeness (QED) is 0.722. The van der Waals surface area contributed by atoms with Gasteiger partial charge >= 0.3 is 0 Å². The Morgan fingerprint density at radius 2 is 2.00 bits per heavy atom. The van der Waals surface area contributed by atoms with Crippen LogP contribution < -0.4 is 5.73 Å². The summed E-state index contributed by atoms with van der Waals surface area (Å²) in [5, 5.41) is 0. The molecule has 1 heterocycles. The fourth-order valence-electron chi connectivity index (χ4n) is 1.28. The third-order valence-electron chi connectivity index (χ3n) is 2.01. The number of H-pyrrole nitrogens is 1. The Labute approximate surface area is 76.6 Å². The van der Waals surface area contributed by atoms with Gasteiger partial charge in [-0.05, 0) is 5.56 Å². The molecule has 0 aliphatic heterocycles. The van der Waals surface area contributed by atoms with Gasteiger partial charge in [0.1, 0.15) is 0 Å². The highest BCUT2D eigenvalue weighted by molar-refractivity contribution is 5.25. The summed E-state index contributed by atoms with van der Waals surface area (Å²) in [4.78, 5) is 6.93. The first-order chi connectivity index (χ1) is 6.38. The van der Waals surface area contributed by atoms with Crippen LogP contribution in [0.2, 0.25) is 0 Å². The number of aromatic nitrogens is 2. The highest BCUT2D eigenvalue weighted by atomic mass is 14.9. The fraction of sp³-hybridized carbons (Fsp3) is 0.100. The van der Waals surface area contributed by atoms with Crippen LogP contribution in [0.4, 0.5) is 0 Å². The average molecular weight is 173 g/mol. The van der Waals surface area contributed by atoms with E-state index in [0.29, 0.717) is 0 Å². The van der Waals surface area contributed by atoms with E-state index in [1.165, 1.54) is 0 Å². The number of hydrogen-bond acceptors (Lipinski definition) is 2. The molecule has 3 heteroatoms. The summed E-state index contributed by atoms with van der Waals surface area (Å²) in [7, 11) is 0. The van der Waals surface area contributed by atoms with E-state index < -0.39 is 0 Å². The number of nitrogens with one attached hydrogen (secondary N) is 1. The second-order valence-electron chi connectivity index (χ2n) is 2.90. The van der Waals surface area contributed by atoms with Gasteiger partial charge in [-0.3, -0.25) is 0 Å². The van der Waals surface area contributed by atoms with Gasteiger partial charge in [-0.2, -0.15) is 0 Å². The van der Waals surface area contributed by atoms with E-state index in [9.17, 15) is 0 Å². The number of nitrogens with two attached hydrogens (primary N) is 1. The maximum Gasteiger partial charge on any atom is 0.0922 e. The molecule has 2 rings (SSSR count). The first-order valence-electron chi connectivity index (χ1n) is 4.17. The topological polar surface area (TPSA) is 54.7 Å². The Balaban J connectivity index is 2.29. The molecule has 0 spiro atoms. The molecule has 0 fully saturated rings. The Kier molecular flexibility index (Phi) is 2.10. The molecule has 1 atom stereocenters. The van der Waals surface area contributed by atoms with Crippen molar-refractivity contribution in [2.45, 2.75) is 6.04 Å². The smallest absolute Gasteiger partial charge is 0.0922 e. The van der Waals surface area contributed by atoms with Crippen molar-refractivity contribution >= 4 is 0 Å². The van der Waals surface area contributed by atoms with Gasteiger partial charge < -0.3 is 10.7 Å². The largest absolute Gasteiger partial charge is 0.347 e. The lowest BCUT2D eigenvalue weighted by Gasteiger charge is -2.08. The van der Waals surface area contributed by atoms with Gasteiger partial charge in [0, 0.05) is 6.20 Å². The molecule has 3 N–H and O–H groups in total. The molecule has 0 aliphatic carbocycles. The zero-order valence-electron chi connectivity index (χ0n) is 7.14. The summed E-state index contributed by atoms with van der Waals surface area (Å²) in [6.07, 6.45) is 3.38. The van der Waals surface area contributed by atoms with E-state index >= 15 is 0 Å². The summed E-state index contributed by atoms with van der Waals surface area (Å²) < 4.78 is 0. The molecule has 1 aromatic carbocycles. The number of rotatable bonds is 2. The van der Waals surface area contributed by atoms with Crippen LogP contribution in [0.15, 0.2) is 42.9 Å². The molecule has 0 amide bonds. The monoisotopic (exact) mass is 173 g/mol. The molecule has 3 nitrogen and oxygen atoms in total. The van der Waals surface area contributed by atoms with Crippen molar-refractivity contribution in [1.29, 1.82) is 0 Å². The lowest BCUT2D eigenvalue weighted by atomic mass is 10.1. The SMILES string of the molecule is N[C@@H](c1ccccc1)c1cnc[nH]1. The summed E-state index contributed by atoms with van der Waals surface area (Å²) in [6, 6.07) is 9.83. The van der Waals surface area contributed by atoms with Gasteiger partial charge in [-0.25, -0.2) is 4.98 Å². The number of aromatic amines is 1. The van der Waals surface area contributed by atoms with Crippen LogP contribution in [0.3, 0.4) is 0 Å². The van der Waals surface area contributed by atoms with Crippen molar-refractivity contribution in [3.63, 3.8) is 0 Å². The van der Waals surface area contributed by atoms with Crippen molar-refractivity contribution in [3.8, 4) is 0 Å². The Bertz CT molecular complexity index is 353. The fourth-order valence-corrected chi connectivity index (χ4v) is 1.28. The summed E-state index contributed by atoms with van der Waals surface area (Å²) >= 11 is 0. The minimum absolute atomic E-state index is 0.108. The van der Waals surface area contributed by atoms with Crippen molar-refractivity contribution in [2.24, 2.45) is 5.73 Å². The van der Waals surface area contributed by atoms with E-state index in [1.54, 1.807) is 12.5 Å². The van der Waals surface area contributed by atoms with E-state index in [4.69, 9.17) is 5.73 Å². The lowest BCUT2D eigenvalue weighted by molar-refractivity contribution is 0.838. The molecule has 0 saturated carbocycles. The third kappa shape index (κ3) is 1.60. The Morgan fingerprint density at radius 3 is 2.62 bits per heavy atom. The second-order valence-corrected chi connectivity index (χ2v) is 2.90. The molecule has 0 bridgehead atoms. The minimum atomic E-state index is -0.108. The summed E-state index contributed by atoms with van der Waals surface area (Å²) in [5.74, 6) is 0. The molecule has 1 aromatic heterocycles. The van der Waals surface area contributed by atoms with Gasteiger partial charge in [0.05, 0.1) is 18.1 Å². The van der Waals surface area contributed by atoms with E-state index in [0.717, 1.165) is 11.3 Å². The van der Waals surface area contributed by atoms with E-state index in [1.807, 2.05) is 30.3 Å². The second kappa shape index (κ2) is 3.41. The predicted molar refractivity (Wildman–Crippen MR) is 51.1 cm³/mol. The average Bonchev–Trinajstić information content (AvgIpc) is 2.71. The molecule has 0 radical (unpaired) electrons. The predicted octanol–water partition coefficient (Wildman–Crippen LogP) is 1.46. The van der Waals surface area contributed by atoms with Gasteiger partial charge in [0.25, 0.3) is 0 Å². The number of benzene rings is 1. The van der Waals surface area contributed by atoms with E-state index in [-0.39, 0.29) is 6.04 Å². The summed E-state index contributed by atoms with van der Waals surface area (Å²) in [5.41, 5.74) is 8.02. The standard InChI is InChI=1S/C10H11N3/c11-10(9-6-12-7-13-9)8-4-2-1-3-5-8/h1-7,10H,11H2,(H,12,13)/t10-/m0/s1. The zero-order chi connectivity index (χ0) is 9.10. The maximum atomic E-state index is 5.99. The Morgan fingerprint density at radius 1 is 1.23 bits per heavy atom. The van der Waals surface area contributed by atoms with Crippen molar-refractivity contribution in [2.75, 3.05) is 0 Å². The molecule has 13 heavy (non-hydrogen) atoms. The van der Waals surface area contributed by atoms with Gasteiger partial charge in [0.2, 0.25) is 0 Å². The van der Waals surface area contributed by atoms with Crippen molar-refractivity contribution in [3.05, 3.63) is 54.1 Å². The van der Waals surface area contributed by atoms with Gasteiger partial charge in [0.15, 0.2) is 0 Å². The molecule has 0 unspecified atom stereocenters. The number of hydrogen-bond donors (Lipinski definition) is 2. The molecule has 2 aromatic rings. The van der Waals surface area contributed by atoms with Crippen LogP contribution in [-0.4, -0.2) is 9.97 Å². The first-order valence-corrected chi connectivity index (χ1v) is 4.17. The van der Waals surface area contributed by atoms with Crippen LogP contribution in [0.1, 0.15) is 17.3 Å². The normalized spacial score (nSPS) is 12.7.